The number of carbonyl (C=O) groups is 1. The summed E-state index contributed by atoms with van der Waals surface area (Å²) in [4.78, 5) is 15.6. The molecule has 0 aliphatic carbocycles. The average Bonchev–Trinajstić information content (AvgIpc) is 2.55. The van der Waals surface area contributed by atoms with E-state index in [1.165, 1.54) is 6.07 Å². The van der Waals surface area contributed by atoms with E-state index >= 15 is 0 Å². The van der Waals surface area contributed by atoms with Crippen molar-refractivity contribution in [2.45, 2.75) is 38.3 Å². The zero-order chi connectivity index (χ0) is 16.8. The monoisotopic (exact) mass is 321 g/mol. The number of piperidine rings is 1. The minimum Gasteiger partial charge on any atom is -0.348 e. The molecule has 1 aliphatic rings. The first-order valence-electron chi connectivity index (χ1n) is 8.44. The van der Waals surface area contributed by atoms with E-state index in [-0.39, 0.29) is 17.8 Å². The summed E-state index contributed by atoms with van der Waals surface area (Å²) in [6.07, 6.45) is 2.84. The summed E-state index contributed by atoms with van der Waals surface area (Å²) in [5.74, 6) is 0.00932. The van der Waals surface area contributed by atoms with Crippen molar-refractivity contribution in [3.63, 3.8) is 0 Å². The molecular formula is C18H28FN3O. The molecule has 2 rings (SSSR count). The van der Waals surface area contributed by atoms with Crippen molar-refractivity contribution in [3.8, 4) is 0 Å². The van der Waals surface area contributed by atoms with Gasteiger partial charge in [-0.3, -0.25) is 9.69 Å². The Morgan fingerprint density at radius 3 is 2.57 bits per heavy atom. The Hall–Kier alpha value is -1.46. The fourth-order valence-electron chi connectivity index (χ4n) is 3.06. The molecule has 1 aromatic carbocycles. The number of nitrogens with zero attached hydrogens (tertiary/aromatic N) is 2. The number of benzene rings is 1. The molecule has 0 saturated carbocycles. The Morgan fingerprint density at radius 2 is 2.00 bits per heavy atom. The molecule has 1 atom stereocenters. The van der Waals surface area contributed by atoms with Crippen LogP contribution in [0.5, 0.6) is 0 Å². The predicted molar refractivity (Wildman–Crippen MR) is 90.7 cm³/mol. The van der Waals surface area contributed by atoms with E-state index in [0.717, 1.165) is 37.9 Å². The van der Waals surface area contributed by atoms with Crippen LogP contribution in [0.4, 0.5) is 4.39 Å². The van der Waals surface area contributed by atoms with Crippen LogP contribution in [-0.4, -0.2) is 55.5 Å². The van der Waals surface area contributed by atoms with E-state index in [1.807, 2.05) is 12.1 Å². The highest BCUT2D eigenvalue weighted by Gasteiger charge is 2.24. The average molecular weight is 321 g/mol. The molecule has 1 amide bonds. The number of halogens is 1. The summed E-state index contributed by atoms with van der Waals surface area (Å²) in [5.41, 5.74) is 0.750. The molecule has 1 unspecified atom stereocenters. The van der Waals surface area contributed by atoms with Crippen molar-refractivity contribution in [2.75, 3.05) is 33.7 Å². The molecule has 0 bridgehead atoms. The number of carbonyl (C=O) groups excluding carboxylic acids is 1. The third-order valence-electron chi connectivity index (χ3n) is 4.57. The highest BCUT2D eigenvalue weighted by atomic mass is 19.1. The van der Waals surface area contributed by atoms with Crippen LogP contribution >= 0.6 is 0 Å². The van der Waals surface area contributed by atoms with Crippen LogP contribution < -0.4 is 5.32 Å². The van der Waals surface area contributed by atoms with Crippen LogP contribution in [0.1, 0.15) is 37.8 Å². The number of likely N-dealkylation sites (tertiary alicyclic amines) is 1. The summed E-state index contributed by atoms with van der Waals surface area (Å²) in [5, 5.41) is 3.60. The van der Waals surface area contributed by atoms with Gasteiger partial charge in [-0.1, -0.05) is 25.1 Å². The second kappa shape index (κ2) is 8.41. The topological polar surface area (TPSA) is 35.6 Å². The van der Waals surface area contributed by atoms with Gasteiger partial charge in [0.05, 0.1) is 6.54 Å². The van der Waals surface area contributed by atoms with Gasteiger partial charge in [0.25, 0.3) is 0 Å². The van der Waals surface area contributed by atoms with Crippen molar-refractivity contribution < 1.29 is 9.18 Å². The normalized spacial score (nSPS) is 17.9. The molecule has 1 heterocycles. The molecule has 1 saturated heterocycles. The van der Waals surface area contributed by atoms with Crippen LogP contribution in [0.25, 0.3) is 0 Å². The van der Waals surface area contributed by atoms with Crippen LogP contribution in [0.2, 0.25) is 0 Å². The van der Waals surface area contributed by atoms with Crippen molar-refractivity contribution in [2.24, 2.45) is 0 Å². The first-order chi connectivity index (χ1) is 11.0. The minimum atomic E-state index is -0.138. The lowest BCUT2D eigenvalue weighted by Gasteiger charge is -2.34. The number of hydrogen-bond acceptors (Lipinski definition) is 3. The second-order valence-electron chi connectivity index (χ2n) is 6.49. The van der Waals surface area contributed by atoms with Gasteiger partial charge in [0.2, 0.25) is 5.91 Å². The predicted octanol–water partition coefficient (Wildman–Crippen LogP) is 2.42. The summed E-state index contributed by atoms with van der Waals surface area (Å²) in [7, 11) is 3.58. The molecule has 1 fully saturated rings. The van der Waals surface area contributed by atoms with Gasteiger partial charge in [-0.25, -0.2) is 4.39 Å². The van der Waals surface area contributed by atoms with Gasteiger partial charge < -0.3 is 10.2 Å². The highest BCUT2D eigenvalue weighted by Crippen LogP contribution is 2.22. The summed E-state index contributed by atoms with van der Waals surface area (Å²) in [6, 6.07) is 7.43. The van der Waals surface area contributed by atoms with Crippen LogP contribution in [-0.2, 0) is 4.79 Å². The van der Waals surface area contributed by atoms with Crippen molar-refractivity contribution in [3.05, 3.63) is 35.6 Å². The number of likely N-dealkylation sites (N-methyl/N-ethyl adjacent to an activating group) is 1. The maximum absolute atomic E-state index is 14.0. The Bertz CT molecular complexity index is 513. The van der Waals surface area contributed by atoms with Crippen LogP contribution in [0.15, 0.2) is 24.3 Å². The lowest BCUT2D eigenvalue weighted by atomic mass is 9.99. The molecule has 1 aliphatic heterocycles. The Kier molecular flexibility index (Phi) is 6.54. The van der Waals surface area contributed by atoms with Gasteiger partial charge in [-0.2, -0.15) is 0 Å². The molecule has 128 valence electrons. The summed E-state index contributed by atoms with van der Waals surface area (Å²) >= 11 is 0. The fraction of sp³-hybridized carbons (Fsp3) is 0.611. The largest absolute Gasteiger partial charge is 0.348 e. The van der Waals surface area contributed by atoms with E-state index in [9.17, 15) is 9.18 Å². The SMILES string of the molecule is CCC(NC1CCN(CC(=O)N(C)C)CC1)c1ccccc1F. The van der Waals surface area contributed by atoms with E-state index < -0.39 is 0 Å². The first-order valence-corrected chi connectivity index (χ1v) is 8.44. The molecule has 1 aromatic rings. The second-order valence-corrected chi connectivity index (χ2v) is 6.49. The third-order valence-corrected chi connectivity index (χ3v) is 4.57. The molecule has 0 radical (unpaired) electrons. The Labute approximate surface area is 138 Å². The van der Waals surface area contributed by atoms with E-state index in [1.54, 1.807) is 25.1 Å². The lowest BCUT2D eigenvalue weighted by Crippen LogP contribution is -2.46. The van der Waals surface area contributed by atoms with E-state index in [0.29, 0.717) is 12.6 Å². The zero-order valence-electron chi connectivity index (χ0n) is 14.4. The van der Waals surface area contributed by atoms with Crippen LogP contribution in [0.3, 0.4) is 0 Å². The van der Waals surface area contributed by atoms with Gasteiger partial charge in [0, 0.05) is 44.8 Å². The molecular weight excluding hydrogens is 293 g/mol. The number of nitrogens with one attached hydrogen (secondary N) is 1. The van der Waals surface area contributed by atoms with Gasteiger partial charge >= 0.3 is 0 Å². The minimum absolute atomic E-state index is 0.0520. The zero-order valence-corrected chi connectivity index (χ0v) is 14.4. The first kappa shape index (κ1) is 17.9. The lowest BCUT2D eigenvalue weighted by molar-refractivity contribution is -0.130. The van der Waals surface area contributed by atoms with Crippen LogP contribution in [0, 0.1) is 5.82 Å². The summed E-state index contributed by atoms with van der Waals surface area (Å²) in [6.45, 7) is 4.38. The maximum Gasteiger partial charge on any atom is 0.236 e. The molecule has 1 N–H and O–H groups in total. The Balaban J connectivity index is 1.85. The molecule has 23 heavy (non-hydrogen) atoms. The van der Waals surface area contributed by atoms with E-state index in [4.69, 9.17) is 0 Å². The number of amides is 1. The van der Waals surface area contributed by atoms with Crippen molar-refractivity contribution in [1.82, 2.24) is 15.1 Å². The molecule has 5 heteroatoms. The number of rotatable bonds is 6. The van der Waals surface area contributed by atoms with E-state index in [2.05, 4.69) is 17.1 Å². The maximum atomic E-state index is 14.0. The highest BCUT2D eigenvalue weighted by molar-refractivity contribution is 5.77. The molecule has 0 aromatic heterocycles. The quantitative estimate of drug-likeness (QED) is 0.874. The van der Waals surface area contributed by atoms with Crippen molar-refractivity contribution >= 4 is 5.91 Å². The van der Waals surface area contributed by atoms with Gasteiger partial charge in [-0.15, -0.1) is 0 Å². The fourth-order valence-corrected chi connectivity index (χ4v) is 3.06. The summed E-state index contributed by atoms with van der Waals surface area (Å²) < 4.78 is 14.0. The molecule has 0 spiro atoms. The number of hydrogen-bond donors (Lipinski definition) is 1. The Morgan fingerprint density at radius 1 is 1.35 bits per heavy atom. The third kappa shape index (κ3) is 5.01. The van der Waals surface area contributed by atoms with Gasteiger partial charge in [0.15, 0.2) is 0 Å². The van der Waals surface area contributed by atoms with Gasteiger partial charge in [-0.05, 0) is 25.3 Å². The standard InChI is InChI=1S/C18H28FN3O/c1-4-17(15-7-5-6-8-16(15)19)20-14-9-11-22(12-10-14)13-18(23)21(2)3/h5-8,14,17,20H,4,9-13H2,1-3H3. The van der Waals surface area contributed by atoms with Crippen molar-refractivity contribution in [1.29, 1.82) is 0 Å². The molecule has 4 nitrogen and oxygen atoms in total. The smallest absolute Gasteiger partial charge is 0.236 e. The van der Waals surface area contributed by atoms with Gasteiger partial charge in [0.1, 0.15) is 5.82 Å².